The number of terminal acetylenes is 1. The molecule has 28 heavy (non-hydrogen) atoms. The van der Waals surface area contributed by atoms with Crippen molar-refractivity contribution in [2.45, 2.75) is 19.8 Å². The van der Waals surface area contributed by atoms with Gasteiger partial charge in [-0.05, 0) is 67.8 Å². The molecule has 0 saturated carbocycles. The van der Waals surface area contributed by atoms with Gasteiger partial charge in [0.05, 0.1) is 23.6 Å². The fourth-order valence-corrected chi connectivity index (χ4v) is 3.96. The van der Waals surface area contributed by atoms with Crippen LogP contribution in [0.4, 0.5) is 0 Å². The van der Waals surface area contributed by atoms with E-state index in [0.717, 1.165) is 65.1 Å². The number of ether oxygens (including phenoxy) is 1. The Bertz CT molecular complexity index is 928. The van der Waals surface area contributed by atoms with E-state index in [9.17, 15) is 0 Å². The maximum absolute atomic E-state index is 9.03. The quantitative estimate of drug-likeness (QED) is 0.408. The first-order chi connectivity index (χ1) is 13.7. The molecule has 0 spiro atoms. The molecule has 3 aromatic rings. The second-order valence-electron chi connectivity index (χ2n) is 6.62. The van der Waals surface area contributed by atoms with Crippen molar-refractivity contribution in [1.29, 1.82) is 0 Å². The predicted molar refractivity (Wildman–Crippen MR) is 117 cm³/mol. The van der Waals surface area contributed by atoms with Crippen molar-refractivity contribution < 1.29 is 9.84 Å². The van der Waals surface area contributed by atoms with E-state index in [-0.39, 0.29) is 6.61 Å². The first kappa shape index (κ1) is 20.3. The average molecular weight is 395 g/mol. The molecule has 0 aliphatic carbocycles. The molecule has 0 amide bonds. The van der Waals surface area contributed by atoms with Gasteiger partial charge in [-0.3, -0.25) is 0 Å². The van der Waals surface area contributed by atoms with Gasteiger partial charge in [-0.1, -0.05) is 25.0 Å². The molecule has 0 bridgehead atoms. The van der Waals surface area contributed by atoms with Gasteiger partial charge in [-0.15, -0.1) is 6.42 Å². The number of aliphatic hydroxyl groups is 1. The smallest absolute Gasteiger partial charge is 0.120 e. The summed E-state index contributed by atoms with van der Waals surface area (Å²) in [4.78, 5) is 2.25. The van der Waals surface area contributed by atoms with E-state index < -0.39 is 0 Å². The minimum absolute atomic E-state index is 0.218. The Kier molecular flexibility index (Phi) is 7.44. The molecule has 0 atom stereocenters. The van der Waals surface area contributed by atoms with Crippen LogP contribution in [0.3, 0.4) is 0 Å². The first-order valence-corrected chi connectivity index (χ1v) is 10.4. The van der Waals surface area contributed by atoms with Crippen molar-refractivity contribution >= 4 is 21.6 Å². The standard InChI is InChI=1S/C23H26N2O2S/c1-3-18-7-9-19(10-8-18)23-21-12-11-20(17-22(21)28-24-23)27-16-6-5-13-25(4-2)14-15-26/h1,7-12,17,26H,4-6,13-16H2,2H3. The third-order valence-electron chi connectivity index (χ3n) is 4.77. The van der Waals surface area contributed by atoms with Crippen molar-refractivity contribution in [3.05, 3.63) is 48.0 Å². The van der Waals surface area contributed by atoms with Gasteiger partial charge in [0.25, 0.3) is 0 Å². The number of nitrogens with zero attached hydrogens (tertiary/aromatic N) is 2. The molecule has 0 unspecified atom stereocenters. The number of hydrogen-bond acceptors (Lipinski definition) is 5. The van der Waals surface area contributed by atoms with Crippen LogP contribution in [0.5, 0.6) is 5.75 Å². The highest BCUT2D eigenvalue weighted by atomic mass is 32.1. The lowest BCUT2D eigenvalue weighted by Crippen LogP contribution is -2.27. The topological polar surface area (TPSA) is 45.6 Å². The van der Waals surface area contributed by atoms with Crippen molar-refractivity contribution in [3.8, 4) is 29.4 Å². The Labute approximate surface area is 170 Å². The van der Waals surface area contributed by atoms with Gasteiger partial charge < -0.3 is 14.7 Å². The van der Waals surface area contributed by atoms with Gasteiger partial charge in [0, 0.05) is 23.1 Å². The normalized spacial score (nSPS) is 11.1. The van der Waals surface area contributed by atoms with E-state index in [1.807, 2.05) is 30.3 Å². The Morgan fingerprint density at radius 3 is 2.68 bits per heavy atom. The van der Waals surface area contributed by atoms with E-state index in [2.05, 4.69) is 34.3 Å². The molecule has 2 aromatic carbocycles. The summed E-state index contributed by atoms with van der Waals surface area (Å²) in [5.41, 5.74) is 2.93. The molecule has 5 heteroatoms. The second kappa shape index (κ2) is 10.2. The average Bonchev–Trinajstić information content (AvgIpc) is 3.16. The molecule has 0 fully saturated rings. The summed E-state index contributed by atoms with van der Waals surface area (Å²) in [6.45, 7) is 5.74. The fourth-order valence-electron chi connectivity index (χ4n) is 3.14. The van der Waals surface area contributed by atoms with Crippen LogP contribution in [0.1, 0.15) is 25.3 Å². The van der Waals surface area contributed by atoms with E-state index >= 15 is 0 Å². The lowest BCUT2D eigenvalue weighted by atomic mass is 10.1. The summed E-state index contributed by atoms with van der Waals surface area (Å²) >= 11 is 1.49. The summed E-state index contributed by atoms with van der Waals surface area (Å²) in [6.07, 6.45) is 7.49. The third-order valence-corrected chi connectivity index (χ3v) is 5.58. The minimum atomic E-state index is 0.218. The van der Waals surface area contributed by atoms with Crippen molar-refractivity contribution in [1.82, 2.24) is 9.27 Å². The number of benzene rings is 2. The second-order valence-corrected chi connectivity index (χ2v) is 7.43. The van der Waals surface area contributed by atoms with E-state index in [0.29, 0.717) is 6.61 Å². The van der Waals surface area contributed by atoms with E-state index in [4.69, 9.17) is 16.3 Å². The van der Waals surface area contributed by atoms with Gasteiger partial charge in [-0.2, -0.15) is 4.37 Å². The Morgan fingerprint density at radius 2 is 1.96 bits per heavy atom. The summed E-state index contributed by atoms with van der Waals surface area (Å²) in [5, 5.41) is 10.2. The molecule has 146 valence electrons. The largest absolute Gasteiger partial charge is 0.494 e. The highest BCUT2D eigenvalue weighted by Crippen LogP contribution is 2.33. The van der Waals surface area contributed by atoms with E-state index in [1.54, 1.807) is 0 Å². The lowest BCUT2D eigenvalue weighted by Gasteiger charge is -2.18. The molecule has 1 N–H and O–H groups in total. The Balaban J connectivity index is 1.57. The minimum Gasteiger partial charge on any atom is -0.494 e. The van der Waals surface area contributed by atoms with Crippen molar-refractivity contribution in [2.24, 2.45) is 0 Å². The van der Waals surface area contributed by atoms with Gasteiger partial charge in [0.2, 0.25) is 0 Å². The molecule has 0 aliphatic rings. The zero-order valence-corrected chi connectivity index (χ0v) is 17.0. The highest BCUT2D eigenvalue weighted by molar-refractivity contribution is 7.13. The molecule has 0 aliphatic heterocycles. The number of aromatic nitrogens is 1. The molecular weight excluding hydrogens is 368 g/mol. The predicted octanol–water partition coefficient (Wildman–Crippen LogP) is 4.42. The van der Waals surface area contributed by atoms with Crippen LogP contribution < -0.4 is 4.74 Å². The van der Waals surface area contributed by atoms with Gasteiger partial charge in [0.15, 0.2) is 0 Å². The first-order valence-electron chi connectivity index (χ1n) is 9.67. The molecule has 4 nitrogen and oxygen atoms in total. The maximum Gasteiger partial charge on any atom is 0.120 e. The van der Waals surface area contributed by atoms with Gasteiger partial charge in [-0.25, -0.2) is 0 Å². The summed E-state index contributed by atoms with van der Waals surface area (Å²) in [6, 6.07) is 14.1. The van der Waals surface area contributed by atoms with Crippen LogP contribution in [0.2, 0.25) is 0 Å². The summed E-state index contributed by atoms with van der Waals surface area (Å²) in [5.74, 6) is 3.52. The van der Waals surface area contributed by atoms with Crippen molar-refractivity contribution in [3.63, 3.8) is 0 Å². The molecule has 1 heterocycles. The molecule has 1 aromatic heterocycles. The van der Waals surface area contributed by atoms with Crippen LogP contribution in [-0.4, -0.2) is 47.2 Å². The molecule has 3 rings (SSSR count). The Hall–Kier alpha value is -2.39. The monoisotopic (exact) mass is 394 g/mol. The van der Waals surface area contributed by atoms with E-state index in [1.165, 1.54) is 11.5 Å². The van der Waals surface area contributed by atoms with Crippen LogP contribution in [0.15, 0.2) is 42.5 Å². The van der Waals surface area contributed by atoms with Crippen LogP contribution in [0.25, 0.3) is 21.3 Å². The van der Waals surface area contributed by atoms with Gasteiger partial charge in [0.1, 0.15) is 5.75 Å². The molecular formula is C23H26N2O2S. The van der Waals surface area contributed by atoms with Gasteiger partial charge >= 0.3 is 0 Å². The number of hydrogen-bond donors (Lipinski definition) is 1. The Morgan fingerprint density at radius 1 is 1.14 bits per heavy atom. The van der Waals surface area contributed by atoms with Crippen molar-refractivity contribution in [2.75, 3.05) is 32.8 Å². The summed E-state index contributed by atoms with van der Waals surface area (Å²) < 4.78 is 11.7. The summed E-state index contributed by atoms with van der Waals surface area (Å²) in [7, 11) is 0. The maximum atomic E-state index is 9.03. The zero-order chi connectivity index (χ0) is 19.8. The third kappa shape index (κ3) is 5.11. The zero-order valence-electron chi connectivity index (χ0n) is 16.2. The fraction of sp³-hybridized carbons (Fsp3) is 0.348. The number of aliphatic hydroxyl groups excluding tert-OH is 1. The number of unbranched alkanes of at least 4 members (excludes halogenated alkanes) is 1. The lowest BCUT2D eigenvalue weighted by molar-refractivity contribution is 0.195. The highest BCUT2D eigenvalue weighted by Gasteiger charge is 2.10. The molecule has 0 saturated heterocycles. The number of rotatable bonds is 10. The molecule has 0 radical (unpaired) electrons. The van der Waals surface area contributed by atoms with Crippen LogP contribution in [-0.2, 0) is 0 Å². The number of likely N-dealkylation sites (N-methyl/N-ethyl adjacent to an activating group) is 1. The SMILES string of the molecule is C#Cc1ccc(-c2nsc3cc(OCCCCN(CC)CCO)ccc23)cc1. The van der Waals surface area contributed by atoms with Crippen LogP contribution >= 0.6 is 11.5 Å². The van der Waals surface area contributed by atoms with Crippen LogP contribution in [0, 0.1) is 12.3 Å². The number of fused-ring (bicyclic) bond motifs is 1.